The maximum Gasteiger partial charge on any atom is 0.243 e. The average molecular weight is 454 g/mol. The molecule has 0 spiro atoms. The molecule has 0 amide bonds. The SMILES string of the molecule is O=S(=O)(c1ccc2ccnc(N3CCC(CC(F)F)CC3)c2c1)N1CCC[C@H](CO)C1. The number of sulfonamides is 1. The summed E-state index contributed by atoms with van der Waals surface area (Å²) in [5.74, 6) is 0.688. The Labute approximate surface area is 181 Å². The monoisotopic (exact) mass is 453 g/mol. The number of piperidine rings is 2. The molecule has 1 atom stereocenters. The van der Waals surface area contributed by atoms with Crippen molar-refractivity contribution in [2.24, 2.45) is 11.8 Å². The second-order valence-corrected chi connectivity index (χ2v) is 10.6. The molecule has 31 heavy (non-hydrogen) atoms. The normalized spacial score (nSPS) is 21.8. The number of aliphatic hydroxyl groups is 1. The number of pyridine rings is 1. The molecule has 2 fully saturated rings. The van der Waals surface area contributed by atoms with E-state index in [2.05, 4.69) is 9.88 Å². The summed E-state index contributed by atoms with van der Waals surface area (Å²) in [7, 11) is -3.67. The van der Waals surface area contributed by atoms with E-state index >= 15 is 0 Å². The second-order valence-electron chi connectivity index (χ2n) is 8.63. The van der Waals surface area contributed by atoms with Gasteiger partial charge in [0.25, 0.3) is 0 Å². The Morgan fingerprint density at radius 2 is 1.87 bits per heavy atom. The molecule has 2 saturated heterocycles. The van der Waals surface area contributed by atoms with Crippen molar-refractivity contribution in [1.29, 1.82) is 0 Å². The zero-order valence-corrected chi connectivity index (χ0v) is 18.3. The van der Waals surface area contributed by atoms with Crippen LogP contribution >= 0.6 is 0 Å². The first-order valence-corrected chi connectivity index (χ1v) is 12.4. The van der Waals surface area contributed by atoms with E-state index in [-0.39, 0.29) is 29.8 Å². The third-order valence-corrected chi connectivity index (χ3v) is 8.38. The summed E-state index contributed by atoms with van der Waals surface area (Å²) in [5.41, 5.74) is 0. The molecule has 0 bridgehead atoms. The number of halogens is 2. The molecule has 0 aliphatic carbocycles. The highest BCUT2D eigenvalue weighted by Gasteiger charge is 2.31. The molecule has 1 aromatic carbocycles. The molecule has 2 aromatic rings. The van der Waals surface area contributed by atoms with Crippen molar-refractivity contribution in [3.8, 4) is 0 Å². The standard InChI is InChI=1S/C22H29F2N3O3S/c23-21(24)12-16-6-10-26(11-7-16)22-20-13-19(4-3-18(20)5-8-25-22)31(29,30)27-9-1-2-17(14-27)15-28/h3-5,8,13,16-17,21,28H,1-2,6-7,9-12,14-15H2/t17-/m0/s1. The summed E-state index contributed by atoms with van der Waals surface area (Å²) in [6.07, 6.45) is 2.28. The van der Waals surface area contributed by atoms with Gasteiger partial charge in [0.2, 0.25) is 16.4 Å². The van der Waals surface area contributed by atoms with E-state index in [1.54, 1.807) is 24.4 Å². The molecule has 9 heteroatoms. The zero-order chi connectivity index (χ0) is 22.0. The predicted molar refractivity (Wildman–Crippen MR) is 116 cm³/mol. The number of aliphatic hydroxyl groups excluding tert-OH is 1. The van der Waals surface area contributed by atoms with Gasteiger partial charge in [-0.25, -0.2) is 22.2 Å². The number of benzene rings is 1. The van der Waals surface area contributed by atoms with Crippen LogP contribution in [0.3, 0.4) is 0 Å². The van der Waals surface area contributed by atoms with Crippen LogP contribution in [0.2, 0.25) is 0 Å². The van der Waals surface area contributed by atoms with Gasteiger partial charge in [0.1, 0.15) is 5.82 Å². The molecular weight excluding hydrogens is 424 g/mol. The summed E-state index contributed by atoms with van der Waals surface area (Å²) in [4.78, 5) is 6.81. The fraction of sp³-hybridized carbons (Fsp3) is 0.591. The summed E-state index contributed by atoms with van der Waals surface area (Å²) in [5, 5.41) is 11.1. The second kappa shape index (κ2) is 9.34. The summed E-state index contributed by atoms with van der Waals surface area (Å²) in [6.45, 7) is 2.03. The van der Waals surface area contributed by atoms with Crippen LogP contribution in [0.5, 0.6) is 0 Å². The zero-order valence-electron chi connectivity index (χ0n) is 17.5. The van der Waals surface area contributed by atoms with Crippen molar-refractivity contribution in [1.82, 2.24) is 9.29 Å². The third-order valence-electron chi connectivity index (χ3n) is 6.52. The van der Waals surface area contributed by atoms with Crippen LogP contribution in [0, 0.1) is 11.8 Å². The van der Waals surface area contributed by atoms with Crippen LogP contribution in [-0.4, -0.2) is 62.0 Å². The van der Waals surface area contributed by atoms with Crippen molar-refractivity contribution >= 4 is 26.6 Å². The van der Waals surface area contributed by atoms with Gasteiger partial charge >= 0.3 is 0 Å². The fourth-order valence-electron chi connectivity index (χ4n) is 4.72. The smallest absolute Gasteiger partial charge is 0.243 e. The first-order chi connectivity index (χ1) is 14.9. The van der Waals surface area contributed by atoms with Gasteiger partial charge in [-0.05, 0) is 61.1 Å². The molecule has 2 aliphatic rings. The highest BCUT2D eigenvalue weighted by molar-refractivity contribution is 7.89. The Morgan fingerprint density at radius 1 is 1.10 bits per heavy atom. The molecular formula is C22H29F2N3O3S. The van der Waals surface area contributed by atoms with Crippen LogP contribution in [-0.2, 0) is 10.0 Å². The van der Waals surface area contributed by atoms with Crippen LogP contribution < -0.4 is 4.90 Å². The van der Waals surface area contributed by atoms with E-state index in [0.29, 0.717) is 44.8 Å². The molecule has 2 aliphatic heterocycles. The number of anilines is 1. The van der Waals surface area contributed by atoms with Crippen LogP contribution in [0.15, 0.2) is 35.4 Å². The Kier molecular flexibility index (Phi) is 6.74. The molecule has 3 heterocycles. The van der Waals surface area contributed by atoms with Crippen LogP contribution in [0.4, 0.5) is 14.6 Å². The number of rotatable bonds is 6. The Morgan fingerprint density at radius 3 is 2.58 bits per heavy atom. The maximum absolute atomic E-state index is 13.3. The summed E-state index contributed by atoms with van der Waals surface area (Å²) in [6, 6.07) is 6.95. The van der Waals surface area contributed by atoms with Crippen LogP contribution in [0.25, 0.3) is 10.8 Å². The van der Waals surface area contributed by atoms with Gasteiger partial charge < -0.3 is 10.0 Å². The predicted octanol–water partition coefficient (Wildman–Crippen LogP) is 3.50. The van der Waals surface area contributed by atoms with Crippen molar-refractivity contribution in [2.75, 3.05) is 37.7 Å². The maximum atomic E-state index is 13.3. The lowest BCUT2D eigenvalue weighted by Gasteiger charge is -2.33. The highest BCUT2D eigenvalue weighted by Crippen LogP contribution is 2.33. The van der Waals surface area contributed by atoms with E-state index < -0.39 is 16.4 Å². The molecule has 0 unspecified atom stereocenters. The topological polar surface area (TPSA) is 73.7 Å². The van der Waals surface area contributed by atoms with Gasteiger partial charge in [-0.3, -0.25) is 0 Å². The van der Waals surface area contributed by atoms with E-state index in [4.69, 9.17) is 0 Å². The van der Waals surface area contributed by atoms with Crippen molar-refractivity contribution in [3.05, 3.63) is 30.5 Å². The average Bonchev–Trinajstić information content (AvgIpc) is 2.78. The largest absolute Gasteiger partial charge is 0.396 e. The van der Waals surface area contributed by atoms with Gasteiger partial charge in [-0.1, -0.05) is 6.07 Å². The van der Waals surface area contributed by atoms with E-state index in [1.807, 2.05) is 6.07 Å². The number of aromatic nitrogens is 1. The lowest BCUT2D eigenvalue weighted by molar-refractivity contribution is 0.108. The van der Waals surface area contributed by atoms with E-state index in [9.17, 15) is 22.3 Å². The Bertz CT molecular complexity index is 1010. The lowest BCUT2D eigenvalue weighted by Crippen LogP contribution is -2.40. The van der Waals surface area contributed by atoms with Crippen LogP contribution in [0.1, 0.15) is 32.1 Å². The number of hydrogen-bond acceptors (Lipinski definition) is 5. The van der Waals surface area contributed by atoms with Gasteiger partial charge in [-0.15, -0.1) is 0 Å². The molecule has 170 valence electrons. The first-order valence-electron chi connectivity index (χ1n) is 10.9. The summed E-state index contributed by atoms with van der Waals surface area (Å²) >= 11 is 0. The van der Waals surface area contributed by atoms with Gasteiger partial charge in [0.05, 0.1) is 4.90 Å². The molecule has 0 saturated carbocycles. The minimum Gasteiger partial charge on any atom is -0.396 e. The van der Waals surface area contributed by atoms with E-state index in [1.165, 1.54) is 4.31 Å². The quantitative estimate of drug-likeness (QED) is 0.725. The highest BCUT2D eigenvalue weighted by atomic mass is 32.2. The number of nitrogens with zero attached hydrogens (tertiary/aromatic N) is 3. The van der Waals surface area contributed by atoms with Crippen molar-refractivity contribution in [2.45, 2.75) is 43.4 Å². The number of fused-ring (bicyclic) bond motifs is 1. The molecule has 1 N–H and O–H groups in total. The van der Waals surface area contributed by atoms with Crippen molar-refractivity contribution < 1.29 is 22.3 Å². The molecule has 6 nitrogen and oxygen atoms in total. The van der Waals surface area contributed by atoms with Crippen molar-refractivity contribution in [3.63, 3.8) is 0 Å². The number of hydrogen-bond donors (Lipinski definition) is 1. The first kappa shape index (κ1) is 22.4. The van der Waals surface area contributed by atoms with E-state index in [0.717, 1.165) is 23.6 Å². The molecule has 0 radical (unpaired) electrons. The molecule has 4 rings (SSSR count). The van der Waals surface area contributed by atoms with Gasteiger partial charge in [0.15, 0.2) is 0 Å². The number of alkyl halides is 2. The fourth-order valence-corrected chi connectivity index (χ4v) is 6.30. The Balaban J connectivity index is 1.60. The van der Waals surface area contributed by atoms with Gasteiger partial charge in [-0.2, -0.15) is 4.31 Å². The minimum absolute atomic E-state index is 0.0146. The van der Waals surface area contributed by atoms with Gasteiger partial charge in [0, 0.05) is 50.8 Å². The minimum atomic E-state index is -3.67. The third kappa shape index (κ3) is 4.83. The Hall–Kier alpha value is -1.84. The lowest BCUT2D eigenvalue weighted by atomic mass is 9.93. The summed E-state index contributed by atoms with van der Waals surface area (Å²) < 4.78 is 53.4. The molecule has 1 aromatic heterocycles.